The van der Waals surface area contributed by atoms with E-state index in [4.69, 9.17) is 0 Å². The largest absolute Gasteiger partial charge is 0.456 e. The van der Waals surface area contributed by atoms with Crippen LogP contribution < -0.4 is 0 Å². The number of hydrogen-bond acceptors (Lipinski definition) is 2. The summed E-state index contributed by atoms with van der Waals surface area (Å²) in [6.07, 6.45) is 4.98. The lowest BCUT2D eigenvalue weighted by molar-refractivity contribution is 0.606. The molecule has 1 unspecified atom stereocenters. The minimum absolute atomic E-state index is 0.150. The van der Waals surface area contributed by atoms with E-state index < -0.39 is 9.36 Å². The molecule has 0 radical (unpaired) electrons. The molecule has 0 N–H and O–H groups in total. The van der Waals surface area contributed by atoms with Crippen LogP contribution in [0.2, 0.25) is 0 Å². The molecule has 0 aliphatic rings. The second kappa shape index (κ2) is 4.39. The summed E-state index contributed by atoms with van der Waals surface area (Å²) in [5, 5.41) is 0. The molecule has 0 aromatic rings. The Balaban J connectivity index is 3.81. The molecular weight excluding hydrogens is 140 g/mol. The lowest BCUT2D eigenvalue weighted by atomic mass is 10.6. The molecule has 8 heavy (non-hydrogen) atoms. The van der Waals surface area contributed by atoms with E-state index in [9.17, 15) is 4.21 Å². The maximum atomic E-state index is 10.7. The van der Waals surface area contributed by atoms with Crippen LogP contribution in [0.15, 0.2) is 0 Å². The standard InChI is InChI=1S/C5H13OS2/c1-4-5-7(2)8(3)6/h4-5H2,1-3H3/q-1. The van der Waals surface area contributed by atoms with E-state index in [1.807, 2.05) is 0 Å². The molecule has 0 heterocycles. The van der Waals surface area contributed by atoms with Gasteiger partial charge in [-0.05, 0) is 18.4 Å². The first kappa shape index (κ1) is 8.50. The molecule has 0 saturated carbocycles. The Morgan fingerprint density at radius 1 is 1.62 bits per heavy atom. The van der Waals surface area contributed by atoms with Gasteiger partial charge < -0.3 is 4.21 Å². The lowest BCUT2D eigenvalue weighted by Gasteiger charge is -2.05. The second-order valence-corrected chi connectivity index (χ2v) is 7.15. The Morgan fingerprint density at radius 2 is 2.12 bits per heavy atom. The van der Waals surface area contributed by atoms with Gasteiger partial charge in [0.05, 0.1) is 0 Å². The fourth-order valence-corrected chi connectivity index (χ4v) is 2.42. The van der Waals surface area contributed by atoms with E-state index in [0.717, 1.165) is 12.2 Å². The van der Waals surface area contributed by atoms with E-state index in [0.29, 0.717) is 0 Å². The van der Waals surface area contributed by atoms with Crippen LogP contribution in [0.25, 0.3) is 0 Å². The fourth-order valence-electron chi connectivity index (χ4n) is 0.405. The van der Waals surface area contributed by atoms with Gasteiger partial charge in [-0.2, -0.15) is 0 Å². The minimum Gasteiger partial charge on any atom is -0.456 e. The Bertz CT molecular complexity index is 133. The fraction of sp³-hybridized carbons (Fsp3) is 1.00. The van der Waals surface area contributed by atoms with Gasteiger partial charge in [-0.3, -0.25) is 9.45 Å². The van der Waals surface area contributed by atoms with Gasteiger partial charge >= 0.3 is 0 Å². The van der Waals surface area contributed by atoms with Crippen molar-refractivity contribution in [2.24, 2.45) is 0 Å². The van der Waals surface area contributed by atoms with E-state index in [1.165, 1.54) is 0 Å². The number of rotatable bonds is 2. The first-order valence-corrected chi connectivity index (χ1v) is 6.52. The molecule has 0 saturated heterocycles. The summed E-state index contributed by atoms with van der Waals surface area (Å²) in [5.74, 6) is 1.11. The average Bonchev–Trinajstić information content (AvgIpc) is 1.67. The van der Waals surface area contributed by atoms with Crippen molar-refractivity contribution in [1.29, 1.82) is 0 Å². The van der Waals surface area contributed by atoms with Crippen molar-refractivity contribution in [3.8, 4) is 0 Å². The average molecular weight is 153 g/mol. The minimum atomic E-state index is -0.582. The van der Waals surface area contributed by atoms with E-state index in [1.54, 1.807) is 6.26 Å². The quantitative estimate of drug-likeness (QED) is 0.544. The van der Waals surface area contributed by atoms with Crippen LogP contribution >= 0.6 is 0 Å². The van der Waals surface area contributed by atoms with Crippen molar-refractivity contribution in [3.63, 3.8) is 0 Å². The highest BCUT2D eigenvalue weighted by molar-refractivity contribution is 8.38. The van der Waals surface area contributed by atoms with Crippen molar-refractivity contribution in [3.05, 3.63) is 0 Å². The summed E-state index contributed by atoms with van der Waals surface area (Å²) in [6.45, 7) is 2.12. The monoisotopic (exact) mass is 153 g/mol. The maximum absolute atomic E-state index is 10.7. The van der Waals surface area contributed by atoms with Crippen LogP contribution in [-0.2, 0) is 23.0 Å². The van der Waals surface area contributed by atoms with Crippen LogP contribution in [0.3, 0.4) is 0 Å². The third kappa shape index (κ3) is 3.50. The molecule has 0 spiro atoms. The second-order valence-electron chi connectivity index (χ2n) is 1.68. The molecular formula is C5H13OS2-. The van der Waals surface area contributed by atoms with Gasteiger partial charge in [0.1, 0.15) is 0 Å². The van der Waals surface area contributed by atoms with Gasteiger partial charge in [-0.1, -0.05) is 6.92 Å². The highest BCUT2D eigenvalue weighted by atomic mass is 32.9. The Labute approximate surface area is 55.1 Å². The molecule has 1 atom stereocenters. The van der Waals surface area contributed by atoms with Gasteiger partial charge in [-0.15, -0.1) is 6.26 Å². The molecule has 0 aliphatic heterocycles. The van der Waals surface area contributed by atoms with Crippen molar-refractivity contribution < 1.29 is 4.21 Å². The van der Waals surface area contributed by atoms with Crippen LogP contribution in [0.4, 0.5) is 0 Å². The first-order valence-electron chi connectivity index (χ1n) is 2.65. The molecule has 3 heteroatoms. The summed E-state index contributed by atoms with van der Waals surface area (Å²) in [6, 6.07) is 0. The maximum Gasteiger partial charge on any atom is -0.0329 e. The van der Waals surface area contributed by atoms with Gasteiger partial charge in [0, 0.05) is 0 Å². The summed E-state index contributed by atoms with van der Waals surface area (Å²) < 4.78 is 10.7. The third-order valence-electron chi connectivity index (χ3n) is 0.892. The summed E-state index contributed by atoms with van der Waals surface area (Å²) in [5.41, 5.74) is 0. The number of hydrogen-bond donors (Lipinski definition) is 0. The smallest absolute Gasteiger partial charge is 0.0329 e. The van der Waals surface area contributed by atoms with Crippen LogP contribution in [0, 0.1) is 0 Å². The highest BCUT2D eigenvalue weighted by Gasteiger charge is 1.74. The Kier molecular flexibility index (Phi) is 4.66. The zero-order valence-electron chi connectivity index (χ0n) is 5.64. The molecule has 0 aromatic carbocycles. The molecule has 0 aliphatic carbocycles. The third-order valence-corrected chi connectivity index (χ3v) is 5.58. The topological polar surface area (TPSA) is 17.1 Å². The summed E-state index contributed by atoms with van der Waals surface area (Å²) >= 11 is 0. The molecule has 0 amide bonds. The van der Waals surface area contributed by atoms with Crippen molar-refractivity contribution >= 4 is 18.8 Å². The highest BCUT2D eigenvalue weighted by Crippen LogP contribution is 1.84. The van der Waals surface area contributed by atoms with Gasteiger partial charge in [0.25, 0.3) is 0 Å². The molecule has 0 fully saturated rings. The van der Waals surface area contributed by atoms with Gasteiger partial charge in [0.2, 0.25) is 0 Å². The SMILES string of the molecule is CCCS(C)=[S-](C)=O. The van der Waals surface area contributed by atoms with Crippen LogP contribution in [0.5, 0.6) is 0 Å². The lowest BCUT2D eigenvalue weighted by Crippen LogP contribution is -1.94. The molecule has 1 nitrogen and oxygen atoms in total. The molecule has 52 valence electrons. The molecule has 0 aromatic heterocycles. The van der Waals surface area contributed by atoms with Crippen LogP contribution in [-0.4, -0.2) is 18.3 Å². The Hall–Kier alpha value is 0.500. The van der Waals surface area contributed by atoms with Crippen molar-refractivity contribution in [2.45, 2.75) is 13.3 Å². The summed E-state index contributed by atoms with van der Waals surface area (Å²) in [4.78, 5) is 0. The van der Waals surface area contributed by atoms with E-state index >= 15 is 0 Å². The predicted molar refractivity (Wildman–Crippen MR) is 42.4 cm³/mol. The first-order chi connectivity index (χ1) is 3.68. The zero-order chi connectivity index (χ0) is 6.57. The van der Waals surface area contributed by atoms with E-state index in [-0.39, 0.29) is 9.45 Å². The summed E-state index contributed by atoms with van der Waals surface area (Å²) in [7, 11) is -0.432. The molecule has 0 rings (SSSR count). The van der Waals surface area contributed by atoms with E-state index in [2.05, 4.69) is 13.2 Å². The normalized spacial score (nSPS) is 17.9. The van der Waals surface area contributed by atoms with Crippen LogP contribution in [0.1, 0.15) is 13.3 Å². The van der Waals surface area contributed by atoms with Crippen molar-refractivity contribution in [1.82, 2.24) is 0 Å². The van der Waals surface area contributed by atoms with Gasteiger partial charge in [-0.25, -0.2) is 9.36 Å². The van der Waals surface area contributed by atoms with Crippen molar-refractivity contribution in [2.75, 3.05) is 18.3 Å². The van der Waals surface area contributed by atoms with Gasteiger partial charge in [0.15, 0.2) is 0 Å². The Morgan fingerprint density at radius 3 is 2.25 bits per heavy atom. The molecule has 0 bridgehead atoms. The zero-order valence-corrected chi connectivity index (χ0v) is 7.27. The predicted octanol–water partition coefficient (Wildman–Crippen LogP) is 1.15.